The first-order valence-electron chi connectivity index (χ1n) is 11.4. The SMILES string of the molecule is Cc1nc2ccccc2c(=O)n1CC(=O)NCc1cccc(NC(=O)CCN2CCOCC2)c1. The highest BCUT2D eigenvalue weighted by molar-refractivity contribution is 5.90. The molecule has 2 aromatic carbocycles. The fourth-order valence-electron chi connectivity index (χ4n) is 3.93. The van der Waals surface area contributed by atoms with Crippen LogP contribution in [-0.2, 0) is 27.4 Å². The predicted molar refractivity (Wildman–Crippen MR) is 130 cm³/mol. The number of anilines is 1. The van der Waals surface area contributed by atoms with Crippen molar-refractivity contribution in [2.45, 2.75) is 26.4 Å². The number of hydrogen-bond acceptors (Lipinski definition) is 6. The van der Waals surface area contributed by atoms with Gasteiger partial charge in [-0.2, -0.15) is 0 Å². The third kappa shape index (κ3) is 6.06. The number of fused-ring (bicyclic) bond motifs is 1. The number of amides is 2. The Hall–Kier alpha value is -3.56. The lowest BCUT2D eigenvalue weighted by Gasteiger charge is -2.26. The first-order valence-corrected chi connectivity index (χ1v) is 11.4. The molecule has 1 aliphatic heterocycles. The third-order valence-corrected chi connectivity index (χ3v) is 5.81. The number of nitrogens with one attached hydrogen (secondary N) is 2. The Balaban J connectivity index is 1.30. The number of carbonyl (C=O) groups excluding carboxylic acids is 2. The van der Waals surface area contributed by atoms with E-state index < -0.39 is 0 Å². The van der Waals surface area contributed by atoms with Gasteiger partial charge >= 0.3 is 0 Å². The van der Waals surface area contributed by atoms with Gasteiger partial charge in [0.1, 0.15) is 12.4 Å². The first-order chi connectivity index (χ1) is 16.5. The van der Waals surface area contributed by atoms with Crippen LogP contribution in [0.15, 0.2) is 53.3 Å². The molecule has 2 amide bonds. The van der Waals surface area contributed by atoms with E-state index in [-0.39, 0.29) is 30.5 Å². The van der Waals surface area contributed by atoms with Crippen molar-refractivity contribution >= 4 is 28.4 Å². The van der Waals surface area contributed by atoms with E-state index in [1.807, 2.05) is 30.3 Å². The Morgan fingerprint density at radius 3 is 2.68 bits per heavy atom. The number of hydrogen-bond donors (Lipinski definition) is 2. The largest absolute Gasteiger partial charge is 0.379 e. The molecule has 1 aliphatic rings. The van der Waals surface area contributed by atoms with E-state index >= 15 is 0 Å². The van der Waals surface area contributed by atoms with Crippen molar-refractivity contribution < 1.29 is 14.3 Å². The summed E-state index contributed by atoms with van der Waals surface area (Å²) in [6, 6.07) is 14.5. The maximum absolute atomic E-state index is 12.8. The summed E-state index contributed by atoms with van der Waals surface area (Å²) in [5.74, 6) is 0.147. The Morgan fingerprint density at radius 2 is 1.85 bits per heavy atom. The van der Waals surface area contributed by atoms with Crippen molar-refractivity contribution in [3.8, 4) is 0 Å². The van der Waals surface area contributed by atoms with Gasteiger partial charge in [-0.15, -0.1) is 0 Å². The van der Waals surface area contributed by atoms with Gasteiger partial charge in [-0.3, -0.25) is 23.9 Å². The molecule has 0 radical (unpaired) electrons. The molecular formula is C25H29N5O4. The van der Waals surface area contributed by atoms with Crippen LogP contribution in [0.5, 0.6) is 0 Å². The van der Waals surface area contributed by atoms with E-state index in [9.17, 15) is 14.4 Å². The lowest BCUT2D eigenvalue weighted by Crippen LogP contribution is -2.38. The second-order valence-electron chi connectivity index (χ2n) is 8.30. The van der Waals surface area contributed by atoms with E-state index in [1.54, 1.807) is 25.1 Å². The Kier molecular flexibility index (Phi) is 7.66. The van der Waals surface area contributed by atoms with Crippen LogP contribution < -0.4 is 16.2 Å². The number of rotatable bonds is 8. The van der Waals surface area contributed by atoms with Crippen LogP contribution in [0, 0.1) is 6.92 Å². The molecule has 2 heterocycles. The maximum Gasteiger partial charge on any atom is 0.261 e. The lowest BCUT2D eigenvalue weighted by atomic mass is 10.2. The Bertz CT molecular complexity index is 1230. The minimum atomic E-state index is -0.290. The van der Waals surface area contributed by atoms with Gasteiger partial charge < -0.3 is 15.4 Å². The fraction of sp³-hybridized carbons (Fsp3) is 0.360. The summed E-state index contributed by atoms with van der Waals surface area (Å²) >= 11 is 0. The molecule has 0 atom stereocenters. The summed E-state index contributed by atoms with van der Waals surface area (Å²) in [4.78, 5) is 44.3. The van der Waals surface area contributed by atoms with Gasteiger partial charge in [-0.25, -0.2) is 4.98 Å². The van der Waals surface area contributed by atoms with Crippen LogP contribution in [0.2, 0.25) is 0 Å². The number of para-hydroxylation sites is 1. The molecule has 2 N–H and O–H groups in total. The van der Waals surface area contributed by atoms with Crippen molar-refractivity contribution in [3.63, 3.8) is 0 Å². The zero-order valence-corrected chi connectivity index (χ0v) is 19.3. The number of carbonyl (C=O) groups is 2. The molecule has 0 spiro atoms. The molecule has 34 heavy (non-hydrogen) atoms. The molecule has 1 saturated heterocycles. The second kappa shape index (κ2) is 11.0. The van der Waals surface area contributed by atoms with Gasteiger partial charge in [0, 0.05) is 38.3 Å². The van der Waals surface area contributed by atoms with Gasteiger partial charge in [-0.05, 0) is 36.8 Å². The normalized spacial score (nSPS) is 14.1. The number of benzene rings is 2. The number of aryl methyl sites for hydroxylation is 1. The summed E-state index contributed by atoms with van der Waals surface area (Å²) in [6.45, 7) is 5.71. The van der Waals surface area contributed by atoms with Crippen molar-refractivity contribution in [2.75, 3.05) is 38.2 Å². The van der Waals surface area contributed by atoms with Gasteiger partial charge in [-0.1, -0.05) is 24.3 Å². The van der Waals surface area contributed by atoms with Crippen molar-refractivity contribution in [1.29, 1.82) is 0 Å². The molecule has 1 fully saturated rings. The maximum atomic E-state index is 12.8. The van der Waals surface area contributed by atoms with Crippen molar-refractivity contribution in [1.82, 2.24) is 19.8 Å². The van der Waals surface area contributed by atoms with E-state index in [0.717, 1.165) is 18.7 Å². The van der Waals surface area contributed by atoms with Crippen LogP contribution in [0.1, 0.15) is 17.8 Å². The minimum absolute atomic E-state index is 0.0497. The average Bonchev–Trinajstić information content (AvgIpc) is 2.85. The lowest BCUT2D eigenvalue weighted by molar-refractivity contribution is -0.122. The Morgan fingerprint density at radius 1 is 1.06 bits per heavy atom. The number of morpholine rings is 1. The second-order valence-corrected chi connectivity index (χ2v) is 8.30. The summed E-state index contributed by atoms with van der Waals surface area (Å²) in [5, 5.41) is 6.24. The molecule has 9 heteroatoms. The van der Waals surface area contributed by atoms with Crippen LogP contribution in [0.25, 0.3) is 10.9 Å². The van der Waals surface area contributed by atoms with E-state index in [2.05, 4.69) is 20.5 Å². The molecule has 3 aromatic rings. The van der Waals surface area contributed by atoms with Gasteiger partial charge in [0.25, 0.3) is 5.56 Å². The molecule has 0 bridgehead atoms. The highest BCUT2D eigenvalue weighted by atomic mass is 16.5. The number of nitrogens with zero attached hydrogens (tertiary/aromatic N) is 3. The molecule has 9 nitrogen and oxygen atoms in total. The highest BCUT2D eigenvalue weighted by Crippen LogP contribution is 2.12. The number of ether oxygens (including phenoxy) is 1. The summed E-state index contributed by atoms with van der Waals surface area (Å²) in [6.07, 6.45) is 0.412. The molecule has 4 rings (SSSR count). The Labute approximate surface area is 197 Å². The minimum Gasteiger partial charge on any atom is -0.379 e. The van der Waals surface area contributed by atoms with Gasteiger partial charge in [0.15, 0.2) is 0 Å². The van der Waals surface area contributed by atoms with Crippen molar-refractivity contribution in [3.05, 3.63) is 70.3 Å². The predicted octanol–water partition coefficient (Wildman–Crippen LogP) is 1.68. The molecular weight excluding hydrogens is 434 g/mol. The molecule has 0 aliphatic carbocycles. The van der Waals surface area contributed by atoms with Crippen LogP contribution >= 0.6 is 0 Å². The highest BCUT2D eigenvalue weighted by Gasteiger charge is 2.13. The quantitative estimate of drug-likeness (QED) is 0.527. The zero-order chi connectivity index (χ0) is 23.9. The molecule has 0 unspecified atom stereocenters. The summed E-state index contributed by atoms with van der Waals surface area (Å²) in [5.41, 5.74) is 1.91. The molecule has 178 valence electrons. The topological polar surface area (TPSA) is 106 Å². The standard InChI is InChI=1S/C25H29N5O4/c1-18-27-22-8-3-2-7-21(22)25(33)30(18)17-24(32)26-16-19-5-4-6-20(15-19)28-23(31)9-10-29-11-13-34-14-12-29/h2-8,15H,9-14,16-17H2,1H3,(H,26,32)(H,28,31). The van der Waals surface area contributed by atoms with Gasteiger partial charge in [0.2, 0.25) is 11.8 Å². The van der Waals surface area contributed by atoms with Crippen LogP contribution in [0.3, 0.4) is 0 Å². The van der Waals surface area contributed by atoms with Gasteiger partial charge in [0.05, 0.1) is 24.1 Å². The first kappa shape index (κ1) is 23.6. The van der Waals surface area contributed by atoms with Crippen LogP contribution in [0.4, 0.5) is 5.69 Å². The summed E-state index contributed by atoms with van der Waals surface area (Å²) < 4.78 is 6.70. The third-order valence-electron chi connectivity index (χ3n) is 5.81. The molecule has 0 saturated carbocycles. The monoisotopic (exact) mass is 463 g/mol. The smallest absolute Gasteiger partial charge is 0.261 e. The zero-order valence-electron chi connectivity index (χ0n) is 19.3. The summed E-state index contributed by atoms with van der Waals surface area (Å²) in [7, 11) is 0. The van der Waals surface area contributed by atoms with Crippen molar-refractivity contribution in [2.24, 2.45) is 0 Å². The fourth-order valence-corrected chi connectivity index (χ4v) is 3.93. The molecule has 1 aromatic heterocycles. The van der Waals surface area contributed by atoms with Crippen LogP contribution in [-0.4, -0.2) is 59.1 Å². The van der Waals surface area contributed by atoms with E-state index in [4.69, 9.17) is 4.74 Å². The van der Waals surface area contributed by atoms with E-state index in [1.165, 1.54) is 4.57 Å². The van der Waals surface area contributed by atoms with E-state index in [0.29, 0.717) is 48.6 Å². The average molecular weight is 464 g/mol. The number of aromatic nitrogens is 2.